The molecule has 1 aromatic heterocycles. The average Bonchev–Trinajstić information content (AvgIpc) is 3.36. The lowest BCUT2D eigenvalue weighted by atomic mass is 10.1. The van der Waals surface area contributed by atoms with Gasteiger partial charge in [-0.15, -0.1) is 5.10 Å². The lowest BCUT2D eigenvalue weighted by Crippen LogP contribution is -3.04. The van der Waals surface area contributed by atoms with Crippen LogP contribution in [0.15, 0.2) is 30.5 Å². The highest BCUT2D eigenvalue weighted by Gasteiger charge is 2.50. The first-order valence-electron chi connectivity index (χ1n) is 10.0. The van der Waals surface area contributed by atoms with E-state index in [0.717, 1.165) is 18.8 Å². The van der Waals surface area contributed by atoms with Crippen molar-refractivity contribution in [2.45, 2.75) is 37.4 Å². The third-order valence-corrected chi connectivity index (χ3v) is 5.61. The van der Waals surface area contributed by atoms with E-state index in [1.807, 2.05) is 10.9 Å². The molecule has 3 heterocycles. The second-order valence-corrected chi connectivity index (χ2v) is 8.40. The van der Waals surface area contributed by atoms with Gasteiger partial charge < -0.3 is 24.6 Å². The Morgan fingerprint density at radius 1 is 1.14 bits per heavy atom. The number of nitrogens with one attached hydrogen (secondary N) is 1. The van der Waals surface area contributed by atoms with Crippen molar-refractivity contribution in [2.24, 2.45) is 0 Å². The highest BCUT2D eigenvalue weighted by atomic mass is 16.6. The van der Waals surface area contributed by atoms with Gasteiger partial charge in [-0.2, -0.15) is 0 Å². The molecule has 2 aliphatic rings. The lowest BCUT2D eigenvalue weighted by molar-refractivity contribution is -0.873. The molecule has 0 saturated carbocycles. The summed E-state index contributed by atoms with van der Waals surface area (Å²) in [4.78, 5) is 3.45. The Morgan fingerprint density at radius 3 is 2.61 bits per heavy atom. The minimum Gasteiger partial charge on any atom is -0.378 e. The number of benzene rings is 1. The highest BCUT2D eigenvalue weighted by Crippen LogP contribution is 2.32. The predicted octanol–water partition coefficient (Wildman–Crippen LogP) is -1.54. The minimum atomic E-state index is 0.0543. The summed E-state index contributed by atoms with van der Waals surface area (Å²) < 4.78 is 14.2. The molecule has 0 unspecified atom stereocenters. The van der Waals surface area contributed by atoms with Gasteiger partial charge in [-0.25, -0.2) is 4.68 Å². The Labute approximate surface area is 166 Å². The number of fused-ring (bicyclic) bond motifs is 1. The number of rotatable bonds is 7. The van der Waals surface area contributed by atoms with Crippen molar-refractivity contribution in [2.75, 3.05) is 46.3 Å². The normalized spacial score (nSPS) is 26.8. The lowest BCUT2D eigenvalue weighted by Gasteiger charge is -2.16. The van der Waals surface area contributed by atoms with Gasteiger partial charge in [-0.1, -0.05) is 17.3 Å². The average molecular weight is 389 g/mol. The number of hydrogen-bond acceptors (Lipinski definition) is 5. The van der Waals surface area contributed by atoms with Crippen molar-refractivity contribution >= 4 is 5.69 Å². The maximum atomic E-state index is 6.13. The molecule has 0 radical (unpaired) electrons. The van der Waals surface area contributed by atoms with Crippen molar-refractivity contribution in [1.82, 2.24) is 15.0 Å². The number of hydrogen-bond donors (Lipinski definition) is 2. The molecule has 2 saturated heterocycles. The number of nitrogens with zero attached hydrogens (tertiary/aromatic N) is 4. The van der Waals surface area contributed by atoms with E-state index in [1.54, 1.807) is 0 Å². The molecule has 2 aromatic rings. The zero-order valence-corrected chi connectivity index (χ0v) is 17.2. The van der Waals surface area contributed by atoms with E-state index in [9.17, 15) is 0 Å². The topological polar surface area (TPSA) is 73.5 Å². The van der Waals surface area contributed by atoms with E-state index in [1.165, 1.54) is 16.2 Å². The van der Waals surface area contributed by atoms with Crippen LogP contribution in [-0.2, 0) is 22.6 Å². The summed E-state index contributed by atoms with van der Waals surface area (Å²) in [5.41, 5.74) is 3.54. The van der Waals surface area contributed by atoms with Crippen molar-refractivity contribution in [1.29, 1.82) is 0 Å². The molecule has 28 heavy (non-hydrogen) atoms. The smallest absolute Gasteiger partial charge is 0.140 e. The first-order chi connectivity index (χ1) is 13.5. The molecular formula is C20H32N6O2+2. The van der Waals surface area contributed by atoms with Gasteiger partial charge in [0.15, 0.2) is 0 Å². The molecule has 0 aliphatic carbocycles. The largest absolute Gasteiger partial charge is 0.378 e. The predicted molar refractivity (Wildman–Crippen MR) is 105 cm³/mol. The fraction of sp³-hybridized carbons (Fsp3) is 0.600. The summed E-state index contributed by atoms with van der Waals surface area (Å²) >= 11 is 0. The van der Waals surface area contributed by atoms with Crippen molar-refractivity contribution in [3.63, 3.8) is 0 Å². The van der Waals surface area contributed by atoms with Gasteiger partial charge in [-0.3, -0.25) is 0 Å². The van der Waals surface area contributed by atoms with Crippen LogP contribution < -0.4 is 15.1 Å². The number of anilines is 1. The summed E-state index contributed by atoms with van der Waals surface area (Å²) in [5.74, 6) is 0. The molecule has 4 rings (SSSR count). The quantitative estimate of drug-likeness (QED) is 0.602. The van der Waals surface area contributed by atoms with Gasteiger partial charge in [-0.05, 0) is 12.1 Å². The summed E-state index contributed by atoms with van der Waals surface area (Å²) in [5, 5.41) is 11.0. The molecule has 0 spiro atoms. The molecule has 2 aliphatic heterocycles. The number of nitrogens with two attached hydrogens (primary N) is 1. The molecule has 3 N–H and O–H groups in total. The molecule has 152 valence electrons. The molecule has 0 amide bonds. The van der Waals surface area contributed by atoms with Gasteiger partial charge in [0.2, 0.25) is 0 Å². The molecule has 4 atom stereocenters. The molecule has 2 fully saturated rings. The van der Waals surface area contributed by atoms with E-state index in [-0.39, 0.29) is 18.2 Å². The third kappa shape index (κ3) is 4.05. The Balaban J connectivity index is 1.34. The Bertz CT molecular complexity index is 775. The maximum Gasteiger partial charge on any atom is 0.140 e. The summed E-state index contributed by atoms with van der Waals surface area (Å²) in [6.45, 7) is 3.14. The first-order valence-corrected chi connectivity index (χ1v) is 10.0. The van der Waals surface area contributed by atoms with Gasteiger partial charge in [0, 0.05) is 25.3 Å². The van der Waals surface area contributed by atoms with Crippen molar-refractivity contribution in [3.8, 4) is 0 Å². The fourth-order valence-electron chi connectivity index (χ4n) is 4.07. The number of quaternary nitrogens is 2. The number of ether oxygens (including phenoxy) is 2. The van der Waals surface area contributed by atoms with Gasteiger partial charge in [0.25, 0.3) is 0 Å². The monoisotopic (exact) mass is 388 g/mol. The first kappa shape index (κ1) is 19.3. The second-order valence-electron chi connectivity index (χ2n) is 8.40. The maximum absolute atomic E-state index is 6.13. The van der Waals surface area contributed by atoms with Crippen molar-refractivity contribution in [3.05, 3.63) is 41.7 Å². The van der Waals surface area contributed by atoms with E-state index < -0.39 is 0 Å². The van der Waals surface area contributed by atoms with Gasteiger partial charge in [0.05, 0.1) is 26.9 Å². The zero-order valence-electron chi connectivity index (χ0n) is 17.2. The van der Waals surface area contributed by atoms with Gasteiger partial charge >= 0.3 is 0 Å². The molecule has 0 bridgehead atoms. The minimum absolute atomic E-state index is 0.0543. The van der Waals surface area contributed by atoms with E-state index in [0.29, 0.717) is 19.3 Å². The molecular weight excluding hydrogens is 356 g/mol. The van der Waals surface area contributed by atoms with Crippen molar-refractivity contribution < 1.29 is 19.7 Å². The van der Waals surface area contributed by atoms with E-state index >= 15 is 0 Å². The van der Waals surface area contributed by atoms with Crippen LogP contribution in [0.2, 0.25) is 0 Å². The Hall–Kier alpha value is -2.00. The third-order valence-electron chi connectivity index (χ3n) is 5.61. The second kappa shape index (κ2) is 8.16. The molecule has 8 nitrogen and oxygen atoms in total. The van der Waals surface area contributed by atoms with E-state index in [4.69, 9.17) is 9.47 Å². The van der Waals surface area contributed by atoms with Crippen LogP contribution in [0.4, 0.5) is 5.69 Å². The fourth-order valence-corrected chi connectivity index (χ4v) is 4.07. The standard InChI is InChI=1S/C20H30N6O2/c1-24(2)10-15-11-26(23-22-15)18-13-28-19-17(12-27-20(18)19)21-9-14-5-7-16(8-6-14)25(3)4/h5-8,11,17-21H,9-10,12-13H2,1-4H3/p+2/t17-,18-,19+,20+/m0/s1. The van der Waals surface area contributed by atoms with Crippen LogP contribution >= 0.6 is 0 Å². The number of aromatic nitrogens is 3. The van der Waals surface area contributed by atoms with Crippen LogP contribution in [0, 0.1) is 0 Å². The van der Waals surface area contributed by atoms with Crippen LogP contribution in [0.5, 0.6) is 0 Å². The SMILES string of the molecule is CN(C)c1ccc(C[NH2+][C@H]2CO[C@H]3[C@@H]2OC[C@@H]3n2cc(C[NH+](C)C)nn2)cc1. The van der Waals surface area contributed by atoms with E-state index in [2.05, 4.69) is 73.0 Å². The Morgan fingerprint density at radius 2 is 1.89 bits per heavy atom. The Kier molecular flexibility index (Phi) is 5.63. The zero-order chi connectivity index (χ0) is 19.7. The van der Waals surface area contributed by atoms with Crippen LogP contribution in [0.25, 0.3) is 0 Å². The molecule has 8 heteroatoms. The molecule has 1 aromatic carbocycles. The van der Waals surface area contributed by atoms with Crippen LogP contribution in [-0.4, -0.2) is 74.6 Å². The van der Waals surface area contributed by atoms with Crippen LogP contribution in [0.1, 0.15) is 17.3 Å². The summed E-state index contributed by atoms with van der Waals surface area (Å²) in [7, 11) is 8.35. The van der Waals surface area contributed by atoms with Gasteiger partial charge in [0.1, 0.15) is 49.7 Å². The summed E-state index contributed by atoms with van der Waals surface area (Å²) in [6, 6.07) is 9.15. The summed E-state index contributed by atoms with van der Waals surface area (Å²) in [6.07, 6.45) is 2.20. The highest BCUT2D eigenvalue weighted by molar-refractivity contribution is 5.45. The van der Waals surface area contributed by atoms with Crippen LogP contribution in [0.3, 0.4) is 0 Å².